The number of esters is 1. The summed E-state index contributed by atoms with van der Waals surface area (Å²) in [6.07, 6.45) is 0.0988. The molecule has 0 saturated carbocycles. The lowest BCUT2D eigenvalue weighted by molar-refractivity contribution is -0.142. The van der Waals surface area contributed by atoms with E-state index in [4.69, 9.17) is 15.8 Å². The van der Waals surface area contributed by atoms with Gasteiger partial charge < -0.3 is 10.2 Å². The fourth-order valence-electron chi connectivity index (χ4n) is 1.29. The first-order chi connectivity index (χ1) is 7.71. The van der Waals surface area contributed by atoms with Gasteiger partial charge in [-0.25, -0.2) is 0 Å². The number of rotatable bonds is 4. The number of carbonyl (C=O) groups is 1. The maximum Gasteiger partial charge on any atom is 0.310 e. The molecule has 5 heteroatoms. The van der Waals surface area contributed by atoms with E-state index in [1.807, 2.05) is 6.07 Å². The number of hydrazine groups is 1. The molecule has 0 aliphatic carbocycles. The number of carbonyl (C=O) groups excluding carboxylic acids is 1. The Morgan fingerprint density at radius 3 is 2.94 bits per heavy atom. The van der Waals surface area contributed by atoms with Crippen molar-refractivity contribution < 1.29 is 9.53 Å². The zero-order valence-corrected chi connectivity index (χ0v) is 8.99. The Balaban J connectivity index is 2.88. The fraction of sp³-hybridized carbons (Fsp3) is 0.273. The van der Waals surface area contributed by atoms with Crippen LogP contribution in [0.3, 0.4) is 0 Å². The van der Waals surface area contributed by atoms with Crippen LogP contribution >= 0.6 is 0 Å². The number of nitriles is 1. The summed E-state index contributed by atoms with van der Waals surface area (Å²) in [4.78, 5) is 11.3. The van der Waals surface area contributed by atoms with Gasteiger partial charge in [-0.3, -0.25) is 10.6 Å². The highest BCUT2D eigenvalue weighted by Crippen LogP contribution is 2.15. The van der Waals surface area contributed by atoms with E-state index in [1.165, 1.54) is 0 Å². The van der Waals surface area contributed by atoms with E-state index in [-0.39, 0.29) is 12.4 Å². The standard InChI is InChI=1S/C11H13N3O2/c1-2-16-11(15)6-8-3-4-10(14-13)5-9(8)7-12/h3-5,14H,2,6,13H2,1H3. The van der Waals surface area contributed by atoms with Gasteiger partial charge in [0.2, 0.25) is 0 Å². The van der Waals surface area contributed by atoms with E-state index < -0.39 is 0 Å². The molecule has 0 heterocycles. The zero-order valence-electron chi connectivity index (χ0n) is 8.99. The van der Waals surface area contributed by atoms with Gasteiger partial charge in [-0.2, -0.15) is 5.26 Å². The summed E-state index contributed by atoms with van der Waals surface area (Å²) in [7, 11) is 0. The second kappa shape index (κ2) is 5.73. The highest BCUT2D eigenvalue weighted by molar-refractivity contribution is 5.74. The molecule has 0 unspecified atom stereocenters. The van der Waals surface area contributed by atoms with E-state index >= 15 is 0 Å². The Morgan fingerprint density at radius 2 is 2.38 bits per heavy atom. The molecule has 0 radical (unpaired) electrons. The highest BCUT2D eigenvalue weighted by atomic mass is 16.5. The lowest BCUT2D eigenvalue weighted by atomic mass is 10.0. The Labute approximate surface area is 93.8 Å². The van der Waals surface area contributed by atoms with Crippen molar-refractivity contribution in [2.45, 2.75) is 13.3 Å². The van der Waals surface area contributed by atoms with Crippen LogP contribution in [-0.4, -0.2) is 12.6 Å². The number of benzene rings is 1. The van der Waals surface area contributed by atoms with Crippen LogP contribution in [-0.2, 0) is 16.0 Å². The van der Waals surface area contributed by atoms with Gasteiger partial charge in [0.15, 0.2) is 0 Å². The second-order valence-electron chi connectivity index (χ2n) is 3.11. The van der Waals surface area contributed by atoms with Crippen molar-refractivity contribution in [2.75, 3.05) is 12.0 Å². The summed E-state index contributed by atoms with van der Waals surface area (Å²) < 4.78 is 4.81. The molecule has 1 aromatic rings. The molecular formula is C11H13N3O2. The number of nitrogens with two attached hydrogens (primary N) is 1. The second-order valence-corrected chi connectivity index (χ2v) is 3.11. The summed E-state index contributed by atoms with van der Waals surface area (Å²) in [5, 5.41) is 8.91. The highest BCUT2D eigenvalue weighted by Gasteiger charge is 2.09. The molecule has 1 rings (SSSR count). The van der Waals surface area contributed by atoms with Gasteiger partial charge in [-0.1, -0.05) is 6.07 Å². The number of nitrogen functional groups attached to an aromatic ring is 1. The molecule has 1 aromatic carbocycles. The average molecular weight is 219 g/mol. The van der Waals surface area contributed by atoms with Crippen LogP contribution in [0.15, 0.2) is 18.2 Å². The summed E-state index contributed by atoms with van der Waals surface area (Å²) >= 11 is 0. The molecule has 0 spiro atoms. The largest absolute Gasteiger partial charge is 0.466 e. The minimum absolute atomic E-state index is 0.0988. The summed E-state index contributed by atoms with van der Waals surface area (Å²) in [5.74, 6) is 4.88. The molecule has 3 N–H and O–H groups in total. The van der Waals surface area contributed by atoms with Gasteiger partial charge in [-0.15, -0.1) is 0 Å². The minimum Gasteiger partial charge on any atom is -0.466 e. The number of nitrogens with zero attached hydrogens (tertiary/aromatic N) is 1. The van der Waals surface area contributed by atoms with Crippen LogP contribution < -0.4 is 11.3 Å². The van der Waals surface area contributed by atoms with Gasteiger partial charge >= 0.3 is 5.97 Å². The van der Waals surface area contributed by atoms with E-state index in [9.17, 15) is 4.79 Å². The smallest absolute Gasteiger partial charge is 0.310 e. The molecule has 5 nitrogen and oxygen atoms in total. The van der Waals surface area contributed by atoms with Gasteiger partial charge in [0.05, 0.1) is 24.7 Å². The number of hydrogen-bond acceptors (Lipinski definition) is 5. The van der Waals surface area contributed by atoms with Crippen LogP contribution in [0, 0.1) is 11.3 Å². The van der Waals surface area contributed by atoms with Gasteiger partial charge in [0.1, 0.15) is 0 Å². The molecule has 0 atom stereocenters. The first-order valence-electron chi connectivity index (χ1n) is 4.86. The molecule has 0 aliphatic heterocycles. The molecule has 0 fully saturated rings. The van der Waals surface area contributed by atoms with Crippen molar-refractivity contribution in [1.82, 2.24) is 0 Å². The van der Waals surface area contributed by atoms with E-state index in [0.29, 0.717) is 23.4 Å². The monoisotopic (exact) mass is 219 g/mol. The fourth-order valence-corrected chi connectivity index (χ4v) is 1.29. The van der Waals surface area contributed by atoms with Crippen molar-refractivity contribution >= 4 is 11.7 Å². The van der Waals surface area contributed by atoms with Crippen LogP contribution in [0.25, 0.3) is 0 Å². The summed E-state index contributed by atoms with van der Waals surface area (Å²) in [5.41, 5.74) is 4.13. The van der Waals surface area contributed by atoms with Crippen LogP contribution in [0.1, 0.15) is 18.1 Å². The third kappa shape index (κ3) is 2.97. The number of hydrogen-bond donors (Lipinski definition) is 2. The predicted molar refractivity (Wildman–Crippen MR) is 59.3 cm³/mol. The lowest BCUT2D eigenvalue weighted by Gasteiger charge is -2.06. The van der Waals surface area contributed by atoms with Gasteiger partial charge in [0.25, 0.3) is 0 Å². The van der Waals surface area contributed by atoms with Gasteiger partial charge in [0, 0.05) is 5.69 Å². The third-order valence-electron chi connectivity index (χ3n) is 2.04. The van der Waals surface area contributed by atoms with Crippen molar-refractivity contribution in [3.63, 3.8) is 0 Å². The topological polar surface area (TPSA) is 88.1 Å². The Bertz CT molecular complexity index is 424. The average Bonchev–Trinajstić information content (AvgIpc) is 2.30. The molecule has 16 heavy (non-hydrogen) atoms. The van der Waals surface area contributed by atoms with Crippen molar-refractivity contribution in [3.05, 3.63) is 29.3 Å². The molecule has 0 aliphatic rings. The summed E-state index contributed by atoms with van der Waals surface area (Å²) in [6, 6.07) is 7.00. The number of anilines is 1. The van der Waals surface area contributed by atoms with Crippen molar-refractivity contribution in [1.29, 1.82) is 5.26 Å². The number of nitrogens with one attached hydrogen (secondary N) is 1. The maximum absolute atomic E-state index is 11.3. The van der Waals surface area contributed by atoms with Gasteiger partial charge in [-0.05, 0) is 24.6 Å². The molecular weight excluding hydrogens is 206 g/mol. The zero-order chi connectivity index (χ0) is 12.0. The van der Waals surface area contributed by atoms with Crippen molar-refractivity contribution in [2.24, 2.45) is 5.84 Å². The molecule has 0 bridgehead atoms. The predicted octanol–water partition coefficient (Wildman–Crippen LogP) is 0.949. The van der Waals surface area contributed by atoms with Crippen LogP contribution in [0.4, 0.5) is 5.69 Å². The molecule has 0 saturated heterocycles. The Hall–Kier alpha value is -2.06. The first-order valence-corrected chi connectivity index (χ1v) is 4.86. The van der Waals surface area contributed by atoms with Crippen LogP contribution in [0.5, 0.6) is 0 Å². The minimum atomic E-state index is -0.340. The third-order valence-corrected chi connectivity index (χ3v) is 2.04. The summed E-state index contributed by atoms with van der Waals surface area (Å²) in [6.45, 7) is 2.08. The number of ether oxygens (including phenoxy) is 1. The molecule has 84 valence electrons. The first kappa shape index (κ1) is 12.0. The Morgan fingerprint density at radius 1 is 1.62 bits per heavy atom. The van der Waals surface area contributed by atoms with Crippen molar-refractivity contribution in [3.8, 4) is 6.07 Å². The van der Waals surface area contributed by atoms with E-state index in [1.54, 1.807) is 25.1 Å². The van der Waals surface area contributed by atoms with Crippen LogP contribution in [0.2, 0.25) is 0 Å². The maximum atomic E-state index is 11.3. The quantitative estimate of drug-likeness (QED) is 0.447. The Kier molecular flexibility index (Phi) is 4.30. The molecule has 0 amide bonds. The SMILES string of the molecule is CCOC(=O)Cc1ccc(NN)cc1C#N. The lowest BCUT2D eigenvalue weighted by Crippen LogP contribution is -2.10. The van der Waals surface area contributed by atoms with E-state index in [0.717, 1.165) is 0 Å². The normalized spacial score (nSPS) is 9.31. The molecule has 0 aromatic heterocycles. The van der Waals surface area contributed by atoms with E-state index in [2.05, 4.69) is 5.43 Å².